The van der Waals surface area contributed by atoms with E-state index in [4.69, 9.17) is 4.84 Å². The number of amides is 3. The van der Waals surface area contributed by atoms with Crippen molar-refractivity contribution in [2.75, 3.05) is 6.54 Å². The Morgan fingerprint density at radius 3 is 2.61 bits per heavy atom. The van der Waals surface area contributed by atoms with Gasteiger partial charge in [0.25, 0.3) is 11.8 Å². The number of hydrogen-bond donors (Lipinski definition) is 2. The summed E-state index contributed by atoms with van der Waals surface area (Å²) in [7, 11) is 0. The average Bonchev–Trinajstić information content (AvgIpc) is 2.95. The lowest BCUT2D eigenvalue weighted by Crippen LogP contribution is -2.34. The van der Waals surface area contributed by atoms with Gasteiger partial charge >= 0.3 is 0 Å². The van der Waals surface area contributed by atoms with Crippen LogP contribution in [0.25, 0.3) is 0 Å². The number of nitrogens with zero attached hydrogens (tertiary/aromatic N) is 5. The minimum absolute atomic E-state index is 0.0876. The Labute approximate surface area is 178 Å². The van der Waals surface area contributed by atoms with E-state index in [1.54, 1.807) is 0 Å². The van der Waals surface area contributed by atoms with E-state index in [0.29, 0.717) is 31.0 Å². The van der Waals surface area contributed by atoms with Crippen LogP contribution in [0.2, 0.25) is 0 Å². The van der Waals surface area contributed by atoms with Gasteiger partial charge in [0, 0.05) is 38.6 Å². The minimum Gasteiger partial charge on any atom is -0.366 e. The summed E-state index contributed by atoms with van der Waals surface area (Å²) >= 11 is 0. The molecule has 0 spiro atoms. The van der Waals surface area contributed by atoms with E-state index < -0.39 is 18.1 Å². The minimum atomic E-state index is -1.31. The first-order valence-corrected chi connectivity index (χ1v) is 10.0. The summed E-state index contributed by atoms with van der Waals surface area (Å²) in [5.41, 5.74) is 2.83. The Balaban J connectivity index is 1.33. The second-order valence-corrected chi connectivity index (χ2v) is 7.12. The second-order valence-electron chi connectivity index (χ2n) is 7.12. The number of aliphatic hydroxyl groups excluding tert-OH is 1. The molecule has 0 aromatic heterocycles. The van der Waals surface area contributed by atoms with Gasteiger partial charge in [-0.1, -0.05) is 24.3 Å². The Hall–Kier alpha value is -3.31. The molecule has 2 N–H and O–H groups in total. The fourth-order valence-electron chi connectivity index (χ4n) is 3.00. The van der Waals surface area contributed by atoms with Gasteiger partial charge in [-0.2, -0.15) is 15.3 Å². The van der Waals surface area contributed by atoms with Crippen LogP contribution in [-0.4, -0.2) is 52.8 Å². The summed E-state index contributed by atoms with van der Waals surface area (Å²) in [6.45, 7) is 0.802. The number of azo groups is 1. The monoisotopic (exact) mass is 428 g/mol. The van der Waals surface area contributed by atoms with Crippen molar-refractivity contribution in [1.82, 2.24) is 10.4 Å². The highest BCUT2D eigenvalue weighted by molar-refractivity contribution is 6.00. The quantitative estimate of drug-likeness (QED) is 0.426. The summed E-state index contributed by atoms with van der Waals surface area (Å²) in [5.74, 6) is -1.09. The first-order chi connectivity index (χ1) is 15.0. The number of carbonyl (C=O) groups is 3. The number of nitrogens with one attached hydrogen (secondary N) is 1. The van der Waals surface area contributed by atoms with Crippen LogP contribution in [-0.2, 0) is 32.2 Å². The maximum Gasteiger partial charge on any atom is 0.254 e. The number of carbonyl (C=O) groups excluding carboxylic acids is 3. The molecule has 0 radical (unpaired) electrons. The standard InChI is InChI=1S/C20H24N6O5/c27-17(2-1-3-20(30)31-26-18(28)8-9-19(26)29)21-11-15-6-4-14(5-7-15)10-16-12-22-23-13-24-25-16/h4-7,13,20,30H,1-3,8-12H2,(H,21,27). The first kappa shape index (κ1) is 22.4. The van der Waals surface area contributed by atoms with Gasteiger partial charge in [-0.3, -0.25) is 14.4 Å². The lowest BCUT2D eigenvalue weighted by atomic mass is 10.1. The number of imide groups is 1. The van der Waals surface area contributed by atoms with E-state index in [-0.39, 0.29) is 31.6 Å². The topological polar surface area (TPSA) is 145 Å². The molecule has 2 heterocycles. The van der Waals surface area contributed by atoms with Crippen LogP contribution in [0.15, 0.2) is 44.7 Å². The highest BCUT2D eigenvalue weighted by Gasteiger charge is 2.32. The van der Waals surface area contributed by atoms with Crippen LogP contribution in [0.5, 0.6) is 0 Å². The molecule has 0 bridgehead atoms. The lowest BCUT2D eigenvalue weighted by molar-refractivity contribution is -0.245. The number of rotatable bonds is 10. The zero-order chi connectivity index (χ0) is 22.1. The van der Waals surface area contributed by atoms with Crippen molar-refractivity contribution in [2.24, 2.45) is 20.4 Å². The molecule has 1 atom stereocenters. The van der Waals surface area contributed by atoms with Crippen LogP contribution in [0.4, 0.5) is 0 Å². The molecule has 11 heteroatoms. The molecule has 11 nitrogen and oxygen atoms in total. The number of hydrogen-bond acceptors (Lipinski definition) is 9. The maximum atomic E-state index is 12.0. The zero-order valence-corrected chi connectivity index (χ0v) is 16.9. The highest BCUT2D eigenvalue weighted by atomic mass is 16.8. The van der Waals surface area contributed by atoms with E-state index in [2.05, 4.69) is 25.7 Å². The molecule has 31 heavy (non-hydrogen) atoms. The van der Waals surface area contributed by atoms with Crippen LogP contribution < -0.4 is 5.32 Å². The van der Waals surface area contributed by atoms with Crippen molar-refractivity contribution >= 4 is 29.8 Å². The number of hydroxylamine groups is 2. The van der Waals surface area contributed by atoms with E-state index in [1.807, 2.05) is 24.3 Å². The van der Waals surface area contributed by atoms with Crippen LogP contribution in [0, 0.1) is 0 Å². The van der Waals surface area contributed by atoms with Crippen molar-refractivity contribution in [3.63, 3.8) is 0 Å². The normalized spacial score (nSPS) is 16.9. The molecule has 2 aliphatic heterocycles. The fourth-order valence-corrected chi connectivity index (χ4v) is 3.00. The predicted octanol–water partition coefficient (Wildman–Crippen LogP) is 1.26. The molecule has 1 unspecified atom stereocenters. The van der Waals surface area contributed by atoms with Gasteiger partial charge < -0.3 is 10.4 Å². The van der Waals surface area contributed by atoms with Gasteiger partial charge in [-0.15, -0.1) is 10.2 Å². The summed E-state index contributed by atoms with van der Waals surface area (Å²) in [6.07, 6.45) is 1.47. The Morgan fingerprint density at radius 2 is 1.87 bits per heavy atom. The molecule has 164 valence electrons. The maximum absolute atomic E-state index is 12.0. The highest BCUT2D eigenvalue weighted by Crippen LogP contribution is 2.15. The van der Waals surface area contributed by atoms with Crippen LogP contribution >= 0.6 is 0 Å². The molecule has 2 aliphatic rings. The van der Waals surface area contributed by atoms with Crippen molar-refractivity contribution in [3.8, 4) is 0 Å². The van der Waals surface area contributed by atoms with Crippen molar-refractivity contribution in [2.45, 2.75) is 51.4 Å². The Kier molecular flexibility index (Phi) is 8.07. The van der Waals surface area contributed by atoms with E-state index >= 15 is 0 Å². The van der Waals surface area contributed by atoms with Crippen molar-refractivity contribution in [3.05, 3.63) is 35.4 Å². The smallest absolute Gasteiger partial charge is 0.254 e. The number of benzene rings is 1. The molecule has 0 saturated carbocycles. The van der Waals surface area contributed by atoms with Gasteiger partial charge in [0.15, 0.2) is 12.6 Å². The molecule has 1 aromatic carbocycles. The molecule has 1 saturated heterocycles. The lowest BCUT2D eigenvalue weighted by Gasteiger charge is -2.17. The van der Waals surface area contributed by atoms with Gasteiger partial charge in [0.1, 0.15) is 6.54 Å². The zero-order valence-electron chi connectivity index (χ0n) is 16.9. The SMILES string of the molecule is O=C(CCCC(O)ON1C(=O)CCC1=O)NCc1ccc(CC2=NN=CN=NC2)cc1. The molecule has 3 rings (SSSR count). The molecule has 0 aliphatic carbocycles. The van der Waals surface area contributed by atoms with Gasteiger partial charge in [0.05, 0.1) is 5.71 Å². The van der Waals surface area contributed by atoms with Crippen molar-refractivity contribution < 1.29 is 24.3 Å². The van der Waals surface area contributed by atoms with E-state index in [9.17, 15) is 19.5 Å². The molecular formula is C20H24N6O5. The fraction of sp³-hybridized carbons (Fsp3) is 0.450. The Morgan fingerprint density at radius 1 is 1.16 bits per heavy atom. The van der Waals surface area contributed by atoms with Crippen LogP contribution in [0.3, 0.4) is 0 Å². The van der Waals surface area contributed by atoms with Gasteiger partial charge in [-0.25, -0.2) is 4.84 Å². The Bertz CT molecular complexity index is 880. The summed E-state index contributed by atoms with van der Waals surface area (Å²) in [6, 6.07) is 7.79. The molecule has 1 aromatic rings. The first-order valence-electron chi connectivity index (χ1n) is 10.0. The predicted molar refractivity (Wildman–Crippen MR) is 110 cm³/mol. The van der Waals surface area contributed by atoms with Crippen LogP contribution in [0.1, 0.15) is 43.2 Å². The van der Waals surface area contributed by atoms with E-state index in [0.717, 1.165) is 16.8 Å². The van der Waals surface area contributed by atoms with Gasteiger partial charge in [0.2, 0.25) is 5.91 Å². The second kappa shape index (κ2) is 11.2. The molecule has 1 fully saturated rings. The number of aliphatic hydroxyl groups is 1. The summed E-state index contributed by atoms with van der Waals surface area (Å²) < 4.78 is 0. The van der Waals surface area contributed by atoms with E-state index in [1.165, 1.54) is 6.34 Å². The summed E-state index contributed by atoms with van der Waals surface area (Å²) in [4.78, 5) is 39.8. The largest absolute Gasteiger partial charge is 0.366 e. The third-order valence-electron chi connectivity index (χ3n) is 4.65. The molecular weight excluding hydrogens is 404 g/mol. The average molecular weight is 428 g/mol. The summed E-state index contributed by atoms with van der Waals surface area (Å²) in [5, 5.41) is 28.7. The van der Waals surface area contributed by atoms with Gasteiger partial charge in [-0.05, 0) is 17.5 Å². The van der Waals surface area contributed by atoms with Crippen molar-refractivity contribution in [1.29, 1.82) is 0 Å². The third kappa shape index (κ3) is 7.15. The third-order valence-corrected chi connectivity index (χ3v) is 4.65. The molecule has 3 amide bonds.